The topological polar surface area (TPSA) is 29.3 Å². The van der Waals surface area contributed by atoms with Gasteiger partial charge in [-0.3, -0.25) is 0 Å². The van der Waals surface area contributed by atoms with Gasteiger partial charge in [-0.1, -0.05) is 23.7 Å². The molecule has 2 atom stereocenters. The lowest BCUT2D eigenvalue weighted by Gasteiger charge is -2.27. The first-order chi connectivity index (χ1) is 9.97. The standard InChI is InChI=1S/C17H23ClN2S/c1-12(19)9-14-6-7-15(11-17(14)18)20(3)13(2)10-16-5-4-8-21-16/h4-8,11-13H,9-10,19H2,1-3H3. The van der Waals surface area contributed by atoms with Gasteiger partial charge < -0.3 is 10.6 Å². The van der Waals surface area contributed by atoms with Crippen molar-refractivity contribution < 1.29 is 0 Å². The zero-order valence-electron chi connectivity index (χ0n) is 12.8. The zero-order chi connectivity index (χ0) is 15.4. The van der Waals surface area contributed by atoms with E-state index in [1.54, 1.807) is 0 Å². The van der Waals surface area contributed by atoms with E-state index in [2.05, 4.69) is 48.5 Å². The lowest BCUT2D eigenvalue weighted by atomic mass is 10.1. The van der Waals surface area contributed by atoms with E-state index >= 15 is 0 Å². The van der Waals surface area contributed by atoms with Gasteiger partial charge in [-0.15, -0.1) is 11.3 Å². The van der Waals surface area contributed by atoms with Crippen molar-refractivity contribution in [1.29, 1.82) is 0 Å². The number of halogens is 1. The summed E-state index contributed by atoms with van der Waals surface area (Å²) in [5.41, 5.74) is 8.12. The van der Waals surface area contributed by atoms with Crippen LogP contribution in [0.4, 0.5) is 5.69 Å². The molecule has 1 heterocycles. The minimum absolute atomic E-state index is 0.129. The predicted octanol–water partition coefficient (Wildman–Crippen LogP) is 4.36. The fourth-order valence-corrected chi connectivity index (χ4v) is 3.46. The summed E-state index contributed by atoms with van der Waals surface area (Å²) < 4.78 is 0. The maximum absolute atomic E-state index is 6.38. The molecule has 0 radical (unpaired) electrons. The third-order valence-electron chi connectivity index (χ3n) is 3.72. The summed E-state index contributed by atoms with van der Waals surface area (Å²) in [7, 11) is 2.12. The van der Waals surface area contributed by atoms with Crippen LogP contribution in [0, 0.1) is 0 Å². The van der Waals surface area contributed by atoms with Crippen LogP contribution in [-0.2, 0) is 12.8 Å². The van der Waals surface area contributed by atoms with Gasteiger partial charge in [0.2, 0.25) is 0 Å². The van der Waals surface area contributed by atoms with Gasteiger partial charge in [0.25, 0.3) is 0 Å². The predicted molar refractivity (Wildman–Crippen MR) is 94.7 cm³/mol. The molecule has 0 saturated heterocycles. The van der Waals surface area contributed by atoms with Crippen LogP contribution < -0.4 is 10.6 Å². The Bertz CT molecular complexity index is 566. The molecule has 1 aromatic carbocycles. The maximum Gasteiger partial charge on any atom is 0.0459 e. The number of rotatable bonds is 6. The Labute approximate surface area is 136 Å². The van der Waals surface area contributed by atoms with E-state index in [-0.39, 0.29) is 6.04 Å². The third-order valence-corrected chi connectivity index (χ3v) is 4.97. The molecule has 0 fully saturated rings. The van der Waals surface area contributed by atoms with Crippen LogP contribution in [0.5, 0.6) is 0 Å². The average molecular weight is 323 g/mol. The van der Waals surface area contributed by atoms with Crippen LogP contribution >= 0.6 is 22.9 Å². The normalized spacial score (nSPS) is 14.0. The van der Waals surface area contributed by atoms with Crippen LogP contribution in [0.25, 0.3) is 0 Å². The molecule has 0 aliphatic heterocycles. The summed E-state index contributed by atoms with van der Waals surface area (Å²) in [6.45, 7) is 4.24. The monoisotopic (exact) mass is 322 g/mol. The number of hydrogen-bond acceptors (Lipinski definition) is 3. The van der Waals surface area contributed by atoms with Crippen LogP contribution in [0.3, 0.4) is 0 Å². The van der Waals surface area contributed by atoms with Gasteiger partial charge in [0.15, 0.2) is 0 Å². The van der Waals surface area contributed by atoms with E-state index in [9.17, 15) is 0 Å². The summed E-state index contributed by atoms with van der Waals surface area (Å²) in [5.74, 6) is 0. The van der Waals surface area contributed by atoms with E-state index in [0.717, 1.165) is 29.1 Å². The molecular weight excluding hydrogens is 300 g/mol. The first-order valence-electron chi connectivity index (χ1n) is 7.26. The number of nitrogens with two attached hydrogens (primary N) is 1. The van der Waals surface area contributed by atoms with E-state index in [1.165, 1.54) is 4.88 Å². The summed E-state index contributed by atoms with van der Waals surface area (Å²) in [5, 5.41) is 2.93. The van der Waals surface area contributed by atoms with Crippen molar-refractivity contribution in [2.75, 3.05) is 11.9 Å². The second-order valence-corrected chi connectivity index (χ2v) is 7.14. The van der Waals surface area contributed by atoms with Gasteiger partial charge in [-0.2, -0.15) is 0 Å². The van der Waals surface area contributed by atoms with E-state index in [4.69, 9.17) is 17.3 Å². The Morgan fingerprint density at radius 2 is 2.00 bits per heavy atom. The molecule has 21 heavy (non-hydrogen) atoms. The quantitative estimate of drug-likeness (QED) is 0.856. The average Bonchev–Trinajstić information content (AvgIpc) is 2.92. The van der Waals surface area contributed by atoms with Crippen LogP contribution in [0.15, 0.2) is 35.7 Å². The lowest BCUT2D eigenvalue weighted by molar-refractivity contribution is 0.688. The first kappa shape index (κ1) is 16.3. The highest BCUT2D eigenvalue weighted by atomic mass is 35.5. The van der Waals surface area contributed by atoms with Crippen LogP contribution in [-0.4, -0.2) is 19.1 Å². The summed E-state index contributed by atoms with van der Waals surface area (Å²) in [6, 6.07) is 11.1. The molecule has 2 aromatic rings. The Morgan fingerprint density at radius 3 is 2.57 bits per heavy atom. The van der Waals surface area contributed by atoms with Gasteiger partial charge >= 0.3 is 0 Å². The Hall–Kier alpha value is -1.03. The van der Waals surface area contributed by atoms with E-state index in [1.807, 2.05) is 24.3 Å². The minimum atomic E-state index is 0.129. The van der Waals surface area contributed by atoms with Gasteiger partial charge in [0, 0.05) is 41.1 Å². The summed E-state index contributed by atoms with van der Waals surface area (Å²) in [4.78, 5) is 3.69. The molecule has 0 spiro atoms. The van der Waals surface area contributed by atoms with E-state index < -0.39 is 0 Å². The number of likely N-dealkylation sites (N-methyl/N-ethyl adjacent to an activating group) is 1. The van der Waals surface area contributed by atoms with Gasteiger partial charge in [0.1, 0.15) is 0 Å². The molecular formula is C17H23ClN2S. The number of nitrogens with zero attached hydrogens (tertiary/aromatic N) is 1. The fourth-order valence-electron chi connectivity index (χ4n) is 2.38. The molecule has 0 aliphatic rings. The molecule has 0 bridgehead atoms. The van der Waals surface area contributed by atoms with Crippen molar-refractivity contribution in [3.63, 3.8) is 0 Å². The number of hydrogen-bond donors (Lipinski definition) is 1. The highest BCUT2D eigenvalue weighted by molar-refractivity contribution is 7.09. The lowest BCUT2D eigenvalue weighted by Crippen LogP contribution is -2.30. The highest BCUT2D eigenvalue weighted by Crippen LogP contribution is 2.26. The Kier molecular flexibility index (Phi) is 5.68. The molecule has 2 unspecified atom stereocenters. The molecule has 4 heteroatoms. The van der Waals surface area contributed by atoms with Crippen molar-refractivity contribution in [3.8, 4) is 0 Å². The fraction of sp³-hybridized carbons (Fsp3) is 0.412. The zero-order valence-corrected chi connectivity index (χ0v) is 14.4. The molecule has 2 rings (SSSR count). The minimum Gasteiger partial charge on any atom is -0.371 e. The van der Waals surface area contributed by atoms with Crippen LogP contribution in [0.1, 0.15) is 24.3 Å². The SMILES string of the molecule is CC(N)Cc1ccc(N(C)C(C)Cc2cccs2)cc1Cl. The van der Waals surface area contributed by atoms with E-state index in [0.29, 0.717) is 6.04 Å². The molecule has 0 saturated carbocycles. The Balaban J connectivity index is 2.08. The van der Waals surface area contributed by atoms with Gasteiger partial charge in [0.05, 0.1) is 0 Å². The number of benzene rings is 1. The second-order valence-electron chi connectivity index (χ2n) is 5.70. The largest absolute Gasteiger partial charge is 0.371 e. The van der Waals surface area contributed by atoms with Crippen molar-refractivity contribution in [3.05, 3.63) is 51.2 Å². The van der Waals surface area contributed by atoms with Crippen molar-refractivity contribution in [2.24, 2.45) is 5.73 Å². The van der Waals surface area contributed by atoms with Gasteiger partial charge in [-0.05, 0) is 49.4 Å². The second kappa shape index (κ2) is 7.30. The molecule has 2 N–H and O–H groups in total. The molecule has 0 aliphatic carbocycles. The maximum atomic E-state index is 6.38. The third kappa shape index (κ3) is 4.47. The smallest absolute Gasteiger partial charge is 0.0459 e. The summed E-state index contributed by atoms with van der Waals surface area (Å²) >= 11 is 8.19. The molecule has 2 nitrogen and oxygen atoms in total. The van der Waals surface area contributed by atoms with Crippen LogP contribution in [0.2, 0.25) is 5.02 Å². The van der Waals surface area contributed by atoms with Crippen molar-refractivity contribution >= 4 is 28.6 Å². The Morgan fingerprint density at radius 1 is 1.24 bits per heavy atom. The number of thiophene rings is 1. The molecule has 114 valence electrons. The first-order valence-corrected chi connectivity index (χ1v) is 8.52. The summed E-state index contributed by atoms with van der Waals surface area (Å²) in [6.07, 6.45) is 1.86. The highest BCUT2D eigenvalue weighted by Gasteiger charge is 2.13. The molecule has 0 amide bonds. The van der Waals surface area contributed by atoms with Crippen molar-refractivity contribution in [2.45, 2.75) is 38.8 Å². The van der Waals surface area contributed by atoms with Gasteiger partial charge in [-0.25, -0.2) is 0 Å². The molecule has 1 aromatic heterocycles. The number of anilines is 1. The van der Waals surface area contributed by atoms with Crippen molar-refractivity contribution in [1.82, 2.24) is 0 Å².